The number of aryl methyl sites for hydroxylation is 1. The second-order valence-corrected chi connectivity index (χ2v) is 8.68. The van der Waals surface area contributed by atoms with E-state index in [4.69, 9.17) is 0 Å². The van der Waals surface area contributed by atoms with Gasteiger partial charge in [0.15, 0.2) is 0 Å². The number of carbonyl (C=O) groups is 1. The molecule has 5 heteroatoms. The summed E-state index contributed by atoms with van der Waals surface area (Å²) in [5.74, 6) is 0.358. The summed E-state index contributed by atoms with van der Waals surface area (Å²) < 4.78 is 0. The molecule has 1 aromatic carbocycles. The molecule has 3 aliphatic rings. The van der Waals surface area contributed by atoms with Crippen molar-refractivity contribution < 1.29 is 4.79 Å². The van der Waals surface area contributed by atoms with Gasteiger partial charge in [0.05, 0.1) is 6.04 Å². The van der Waals surface area contributed by atoms with E-state index in [2.05, 4.69) is 58.3 Å². The van der Waals surface area contributed by atoms with Gasteiger partial charge in [0.2, 0.25) is 5.91 Å². The highest BCUT2D eigenvalue weighted by atomic mass is 16.2. The zero-order chi connectivity index (χ0) is 18.9. The maximum atomic E-state index is 13.3. The Kier molecular flexibility index (Phi) is 5.42. The first-order chi connectivity index (χ1) is 13.1. The van der Waals surface area contributed by atoms with E-state index >= 15 is 0 Å². The molecule has 148 valence electrons. The molecule has 27 heavy (non-hydrogen) atoms. The quantitative estimate of drug-likeness (QED) is 0.883. The molecule has 1 amide bonds. The summed E-state index contributed by atoms with van der Waals surface area (Å²) >= 11 is 0. The Morgan fingerprint density at radius 1 is 1.15 bits per heavy atom. The molecule has 0 aliphatic carbocycles. The van der Waals surface area contributed by atoms with Crippen LogP contribution in [0.3, 0.4) is 0 Å². The summed E-state index contributed by atoms with van der Waals surface area (Å²) in [5, 5.41) is 3.47. The van der Waals surface area contributed by atoms with E-state index < -0.39 is 0 Å². The molecule has 3 aliphatic heterocycles. The van der Waals surface area contributed by atoms with E-state index in [9.17, 15) is 4.79 Å². The van der Waals surface area contributed by atoms with Crippen LogP contribution in [0, 0.1) is 5.41 Å². The Hall–Kier alpha value is -1.59. The number of likely N-dealkylation sites (N-methyl/N-ethyl adjacent to an activating group) is 1. The molecule has 1 atom stereocenters. The minimum atomic E-state index is 0.0811. The third kappa shape index (κ3) is 3.72. The first-order valence-corrected chi connectivity index (χ1v) is 10.6. The standard InChI is InChI=1S/C22H34N4O/c1-3-18-6-4-5-7-19(18)25-12-14-26(15-13-25)21(27)20-16-22(17-24(20)2)8-10-23-11-9-22/h4-7,20,23H,3,8-17H2,1-2H3/t20-/m1/s1. The molecule has 0 aromatic heterocycles. The third-order valence-corrected chi connectivity index (χ3v) is 7.00. The zero-order valence-electron chi connectivity index (χ0n) is 16.9. The number of likely N-dealkylation sites (tertiary alicyclic amines) is 1. The van der Waals surface area contributed by atoms with Crippen molar-refractivity contribution in [3.63, 3.8) is 0 Å². The van der Waals surface area contributed by atoms with Crippen LogP contribution >= 0.6 is 0 Å². The molecule has 3 heterocycles. The van der Waals surface area contributed by atoms with Gasteiger partial charge < -0.3 is 15.1 Å². The Bertz CT molecular complexity index is 662. The second-order valence-electron chi connectivity index (χ2n) is 8.68. The Labute approximate surface area is 163 Å². The van der Waals surface area contributed by atoms with Crippen molar-refractivity contribution >= 4 is 11.6 Å². The molecule has 0 saturated carbocycles. The topological polar surface area (TPSA) is 38.8 Å². The molecule has 3 saturated heterocycles. The van der Waals surface area contributed by atoms with Crippen molar-refractivity contribution in [1.82, 2.24) is 15.1 Å². The largest absolute Gasteiger partial charge is 0.368 e. The fourth-order valence-electron chi connectivity index (χ4n) is 5.36. The van der Waals surface area contributed by atoms with Crippen LogP contribution in [0.5, 0.6) is 0 Å². The third-order valence-electron chi connectivity index (χ3n) is 7.00. The molecular formula is C22H34N4O. The van der Waals surface area contributed by atoms with E-state index in [1.54, 1.807) is 0 Å². The summed E-state index contributed by atoms with van der Waals surface area (Å²) in [6.45, 7) is 9.06. The lowest BCUT2D eigenvalue weighted by Crippen LogP contribution is -2.53. The van der Waals surface area contributed by atoms with Crippen molar-refractivity contribution in [2.75, 3.05) is 57.8 Å². The molecule has 1 spiro atoms. The highest BCUT2D eigenvalue weighted by molar-refractivity contribution is 5.82. The SMILES string of the molecule is CCc1ccccc1N1CCN(C(=O)[C@H]2CC3(CCNCC3)CN2C)CC1. The first-order valence-electron chi connectivity index (χ1n) is 10.6. The Morgan fingerprint density at radius 2 is 1.85 bits per heavy atom. The van der Waals surface area contributed by atoms with Crippen LogP contribution in [0.4, 0.5) is 5.69 Å². The lowest BCUT2D eigenvalue weighted by Gasteiger charge is -2.38. The number of nitrogens with one attached hydrogen (secondary N) is 1. The van der Waals surface area contributed by atoms with Crippen LogP contribution in [0.2, 0.25) is 0 Å². The van der Waals surface area contributed by atoms with Gasteiger partial charge in [-0.05, 0) is 62.9 Å². The molecular weight excluding hydrogens is 336 g/mol. The number of hydrogen-bond acceptors (Lipinski definition) is 4. The summed E-state index contributed by atoms with van der Waals surface area (Å²) in [5.41, 5.74) is 3.11. The van der Waals surface area contributed by atoms with Crippen molar-refractivity contribution in [3.8, 4) is 0 Å². The molecule has 0 radical (unpaired) electrons. The number of nitrogens with zero attached hydrogens (tertiary/aromatic N) is 3. The Balaban J connectivity index is 1.37. The van der Waals surface area contributed by atoms with Crippen LogP contribution < -0.4 is 10.2 Å². The van der Waals surface area contributed by atoms with Gasteiger partial charge in [-0.25, -0.2) is 0 Å². The lowest BCUT2D eigenvalue weighted by atomic mass is 9.77. The predicted octanol–water partition coefficient (Wildman–Crippen LogP) is 1.97. The van der Waals surface area contributed by atoms with E-state index in [0.29, 0.717) is 11.3 Å². The average Bonchev–Trinajstić information content (AvgIpc) is 3.03. The molecule has 0 bridgehead atoms. The summed E-state index contributed by atoms with van der Waals surface area (Å²) in [6.07, 6.45) is 4.52. The van der Waals surface area contributed by atoms with Gasteiger partial charge in [-0.15, -0.1) is 0 Å². The maximum Gasteiger partial charge on any atom is 0.240 e. The number of benzene rings is 1. The van der Waals surface area contributed by atoms with Crippen molar-refractivity contribution in [2.24, 2.45) is 5.41 Å². The zero-order valence-corrected chi connectivity index (χ0v) is 16.9. The smallest absolute Gasteiger partial charge is 0.240 e. The minimum Gasteiger partial charge on any atom is -0.368 e. The minimum absolute atomic E-state index is 0.0811. The number of hydrogen-bond donors (Lipinski definition) is 1. The van der Waals surface area contributed by atoms with Crippen LogP contribution in [0.1, 0.15) is 31.7 Å². The number of amides is 1. The average molecular weight is 371 g/mol. The molecule has 3 fully saturated rings. The van der Waals surface area contributed by atoms with Crippen LogP contribution in [-0.2, 0) is 11.2 Å². The van der Waals surface area contributed by atoms with Gasteiger partial charge >= 0.3 is 0 Å². The van der Waals surface area contributed by atoms with Crippen molar-refractivity contribution in [3.05, 3.63) is 29.8 Å². The highest BCUT2D eigenvalue weighted by Crippen LogP contribution is 2.41. The number of rotatable bonds is 3. The summed E-state index contributed by atoms with van der Waals surface area (Å²) in [4.78, 5) is 20.2. The van der Waals surface area contributed by atoms with E-state index in [0.717, 1.165) is 58.7 Å². The van der Waals surface area contributed by atoms with Gasteiger partial charge in [0.25, 0.3) is 0 Å². The maximum absolute atomic E-state index is 13.3. The monoisotopic (exact) mass is 370 g/mol. The molecule has 1 aromatic rings. The van der Waals surface area contributed by atoms with Crippen LogP contribution in [0.15, 0.2) is 24.3 Å². The van der Waals surface area contributed by atoms with Gasteiger partial charge in [-0.3, -0.25) is 9.69 Å². The lowest BCUT2D eigenvalue weighted by molar-refractivity contribution is -0.135. The van der Waals surface area contributed by atoms with Gasteiger partial charge in [0, 0.05) is 38.4 Å². The van der Waals surface area contributed by atoms with Gasteiger partial charge in [-0.2, -0.15) is 0 Å². The fraction of sp³-hybridized carbons (Fsp3) is 0.682. The normalized spacial score (nSPS) is 25.9. The van der Waals surface area contributed by atoms with Crippen molar-refractivity contribution in [1.29, 1.82) is 0 Å². The van der Waals surface area contributed by atoms with E-state index in [1.165, 1.54) is 24.1 Å². The van der Waals surface area contributed by atoms with Gasteiger partial charge in [-0.1, -0.05) is 25.1 Å². The summed E-state index contributed by atoms with van der Waals surface area (Å²) in [6, 6.07) is 8.77. The fourth-order valence-corrected chi connectivity index (χ4v) is 5.36. The number of piperazine rings is 1. The molecule has 4 rings (SSSR count). The number of carbonyl (C=O) groups excluding carboxylic acids is 1. The highest BCUT2D eigenvalue weighted by Gasteiger charge is 2.46. The second kappa shape index (κ2) is 7.80. The predicted molar refractivity (Wildman–Crippen MR) is 110 cm³/mol. The first kappa shape index (κ1) is 18.8. The number of para-hydroxylation sites is 1. The van der Waals surface area contributed by atoms with Crippen LogP contribution in [-0.4, -0.2) is 74.6 Å². The summed E-state index contributed by atoms with van der Waals surface area (Å²) in [7, 11) is 2.15. The number of piperidine rings is 1. The van der Waals surface area contributed by atoms with E-state index in [1.807, 2.05) is 0 Å². The van der Waals surface area contributed by atoms with Crippen LogP contribution in [0.25, 0.3) is 0 Å². The van der Waals surface area contributed by atoms with Gasteiger partial charge in [0.1, 0.15) is 0 Å². The molecule has 1 N–H and O–H groups in total. The molecule has 5 nitrogen and oxygen atoms in total. The van der Waals surface area contributed by atoms with E-state index in [-0.39, 0.29) is 6.04 Å². The van der Waals surface area contributed by atoms with Crippen molar-refractivity contribution in [2.45, 2.75) is 38.6 Å². The number of anilines is 1. The Morgan fingerprint density at radius 3 is 2.56 bits per heavy atom. The molecule has 0 unspecified atom stereocenters.